The van der Waals surface area contributed by atoms with Crippen LogP contribution in [0.2, 0.25) is 0 Å². The van der Waals surface area contributed by atoms with Gasteiger partial charge >= 0.3 is 0 Å². The molecular weight excluding hydrogens is 234 g/mol. The summed E-state index contributed by atoms with van der Waals surface area (Å²) in [6, 6.07) is 7.99. The van der Waals surface area contributed by atoms with Crippen LogP contribution >= 0.6 is 0 Å². The Morgan fingerprint density at radius 3 is 2.26 bits per heavy atom. The summed E-state index contributed by atoms with van der Waals surface area (Å²) >= 11 is 0. The van der Waals surface area contributed by atoms with Crippen molar-refractivity contribution in [3.05, 3.63) is 55.3 Å². The molecule has 0 spiro atoms. The van der Waals surface area contributed by atoms with Gasteiger partial charge in [0.1, 0.15) is 11.9 Å². The van der Waals surface area contributed by atoms with Crippen LogP contribution in [0, 0.1) is 6.92 Å². The molecule has 0 aliphatic carbocycles. The molecule has 19 heavy (non-hydrogen) atoms. The lowest BCUT2D eigenvalue weighted by atomic mass is 10.1. The van der Waals surface area contributed by atoms with Crippen LogP contribution in [0.5, 0.6) is 5.75 Å². The molecular formula is C17H25NO. The lowest BCUT2D eigenvalue weighted by Gasteiger charge is -2.17. The number of hydrogen-bond acceptors (Lipinski definition) is 2. The van der Waals surface area contributed by atoms with Crippen molar-refractivity contribution in [2.75, 3.05) is 0 Å². The van der Waals surface area contributed by atoms with Gasteiger partial charge in [-0.25, -0.2) is 0 Å². The van der Waals surface area contributed by atoms with E-state index in [1.54, 1.807) is 6.08 Å². The number of hydrogen-bond donors (Lipinski definition) is 0. The quantitative estimate of drug-likeness (QED) is 0.662. The van der Waals surface area contributed by atoms with Gasteiger partial charge in [-0.2, -0.15) is 0 Å². The standard InChI is InChI=1S/C15H19NO.C2H6/c1-5-14(16-7-3)15(6-2)17-13-10-8-12(4)9-11-13;1-2/h5,7-11,15H,1,3,6H2,2,4H3;1-2H3. The Morgan fingerprint density at radius 2 is 1.84 bits per heavy atom. The van der Waals surface area contributed by atoms with Crippen LogP contribution < -0.4 is 4.74 Å². The Kier molecular flexibility index (Phi) is 9.15. The summed E-state index contributed by atoms with van der Waals surface area (Å²) in [5.74, 6) is 0.848. The van der Waals surface area contributed by atoms with Crippen LogP contribution in [0.1, 0.15) is 32.8 Å². The SMILES string of the molecule is C=CN=C(C=C)C(CC)Oc1ccc(C)cc1.CC. The minimum absolute atomic E-state index is 0.0757. The molecule has 0 amide bonds. The average Bonchev–Trinajstić information content (AvgIpc) is 2.46. The Balaban J connectivity index is 0.00000154. The number of benzene rings is 1. The van der Waals surface area contributed by atoms with E-state index >= 15 is 0 Å². The lowest BCUT2D eigenvalue weighted by molar-refractivity contribution is 0.263. The Hall–Kier alpha value is -1.83. The van der Waals surface area contributed by atoms with E-state index in [1.165, 1.54) is 11.8 Å². The molecule has 104 valence electrons. The lowest BCUT2D eigenvalue weighted by Crippen LogP contribution is -2.24. The van der Waals surface area contributed by atoms with Crippen molar-refractivity contribution in [2.45, 2.75) is 40.2 Å². The van der Waals surface area contributed by atoms with Crippen LogP contribution in [0.4, 0.5) is 0 Å². The van der Waals surface area contributed by atoms with E-state index < -0.39 is 0 Å². The fourth-order valence-corrected chi connectivity index (χ4v) is 1.51. The molecule has 0 N–H and O–H groups in total. The summed E-state index contributed by atoms with van der Waals surface area (Å²) in [4.78, 5) is 4.17. The molecule has 0 aliphatic heterocycles. The number of aliphatic imine (C=N–C) groups is 1. The van der Waals surface area contributed by atoms with E-state index in [0.29, 0.717) is 0 Å². The van der Waals surface area contributed by atoms with Gasteiger partial charge in [0.2, 0.25) is 0 Å². The molecule has 0 saturated heterocycles. The summed E-state index contributed by atoms with van der Waals surface area (Å²) in [6.45, 7) is 15.4. The van der Waals surface area contributed by atoms with Gasteiger partial charge < -0.3 is 4.74 Å². The number of rotatable bonds is 6. The molecule has 0 heterocycles. The summed E-state index contributed by atoms with van der Waals surface area (Å²) in [5, 5.41) is 0. The number of nitrogens with zero attached hydrogens (tertiary/aromatic N) is 1. The second-order valence-electron chi connectivity index (χ2n) is 3.77. The minimum Gasteiger partial charge on any atom is -0.484 e. The molecule has 2 heteroatoms. The molecule has 0 bridgehead atoms. The maximum Gasteiger partial charge on any atom is 0.140 e. The number of ether oxygens (including phenoxy) is 1. The van der Waals surface area contributed by atoms with Crippen molar-refractivity contribution < 1.29 is 4.74 Å². The molecule has 1 rings (SSSR count). The molecule has 0 saturated carbocycles. The van der Waals surface area contributed by atoms with Gasteiger partial charge in [-0.3, -0.25) is 4.99 Å². The van der Waals surface area contributed by atoms with Gasteiger partial charge in [0.25, 0.3) is 0 Å². The molecule has 0 aromatic heterocycles. The fourth-order valence-electron chi connectivity index (χ4n) is 1.51. The van der Waals surface area contributed by atoms with E-state index in [0.717, 1.165) is 17.9 Å². The fraction of sp³-hybridized carbons (Fsp3) is 0.353. The van der Waals surface area contributed by atoms with Crippen LogP contribution in [0.3, 0.4) is 0 Å². The molecule has 0 radical (unpaired) electrons. The first-order valence-electron chi connectivity index (χ1n) is 6.75. The highest BCUT2D eigenvalue weighted by atomic mass is 16.5. The maximum atomic E-state index is 5.87. The second-order valence-corrected chi connectivity index (χ2v) is 3.77. The highest BCUT2D eigenvalue weighted by Gasteiger charge is 2.12. The van der Waals surface area contributed by atoms with E-state index in [4.69, 9.17) is 4.74 Å². The first-order chi connectivity index (χ1) is 9.21. The Bertz CT molecular complexity index is 404. The predicted octanol–water partition coefficient (Wildman–Crippen LogP) is 4.95. The smallest absolute Gasteiger partial charge is 0.140 e. The van der Waals surface area contributed by atoms with Crippen molar-refractivity contribution in [3.63, 3.8) is 0 Å². The molecule has 2 nitrogen and oxygen atoms in total. The summed E-state index contributed by atoms with van der Waals surface area (Å²) in [6.07, 6.45) is 3.99. The van der Waals surface area contributed by atoms with E-state index in [1.807, 2.05) is 38.1 Å². The summed E-state index contributed by atoms with van der Waals surface area (Å²) in [7, 11) is 0. The summed E-state index contributed by atoms with van der Waals surface area (Å²) in [5.41, 5.74) is 2.03. The second kappa shape index (κ2) is 10.1. The van der Waals surface area contributed by atoms with Gasteiger partial charge in [-0.15, -0.1) is 0 Å². The first kappa shape index (κ1) is 17.2. The third kappa shape index (κ3) is 6.05. The monoisotopic (exact) mass is 259 g/mol. The maximum absolute atomic E-state index is 5.87. The highest BCUT2D eigenvalue weighted by Crippen LogP contribution is 2.15. The summed E-state index contributed by atoms with van der Waals surface area (Å²) < 4.78 is 5.87. The van der Waals surface area contributed by atoms with Crippen molar-refractivity contribution in [1.29, 1.82) is 0 Å². The van der Waals surface area contributed by atoms with Gasteiger partial charge in [0.05, 0.1) is 5.71 Å². The topological polar surface area (TPSA) is 21.6 Å². The molecule has 1 unspecified atom stereocenters. The molecule has 0 aliphatic rings. The Labute approximate surface area is 117 Å². The highest BCUT2D eigenvalue weighted by molar-refractivity contribution is 5.98. The molecule has 1 atom stereocenters. The first-order valence-corrected chi connectivity index (χ1v) is 6.75. The van der Waals surface area contributed by atoms with Crippen molar-refractivity contribution in [2.24, 2.45) is 4.99 Å². The van der Waals surface area contributed by atoms with E-state index in [2.05, 4.69) is 32.0 Å². The molecule has 1 aromatic rings. The zero-order valence-corrected chi connectivity index (χ0v) is 12.5. The third-order valence-corrected chi connectivity index (χ3v) is 2.45. The number of aryl methyl sites for hydroxylation is 1. The van der Waals surface area contributed by atoms with Gasteiger partial charge in [-0.1, -0.05) is 51.6 Å². The average molecular weight is 259 g/mol. The van der Waals surface area contributed by atoms with Crippen LogP contribution in [0.15, 0.2) is 54.7 Å². The zero-order valence-electron chi connectivity index (χ0n) is 12.5. The predicted molar refractivity (Wildman–Crippen MR) is 85.1 cm³/mol. The Morgan fingerprint density at radius 1 is 1.26 bits per heavy atom. The van der Waals surface area contributed by atoms with Gasteiger partial charge in [0.15, 0.2) is 0 Å². The van der Waals surface area contributed by atoms with Crippen molar-refractivity contribution in [1.82, 2.24) is 0 Å². The van der Waals surface area contributed by atoms with E-state index in [9.17, 15) is 0 Å². The third-order valence-electron chi connectivity index (χ3n) is 2.45. The minimum atomic E-state index is -0.0757. The van der Waals surface area contributed by atoms with Gasteiger partial charge in [-0.05, 0) is 31.6 Å². The molecule has 0 fully saturated rings. The largest absolute Gasteiger partial charge is 0.484 e. The van der Waals surface area contributed by atoms with Crippen LogP contribution in [-0.4, -0.2) is 11.8 Å². The van der Waals surface area contributed by atoms with Crippen molar-refractivity contribution in [3.8, 4) is 5.75 Å². The van der Waals surface area contributed by atoms with Crippen LogP contribution in [-0.2, 0) is 0 Å². The molecule has 1 aromatic carbocycles. The zero-order chi connectivity index (χ0) is 14.7. The van der Waals surface area contributed by atoms with E-state index in [-0.39, 0.29) is 6.10 Å². The normalized spacial score (nSPS) is 11.9. The van der Waals surface area contributed by atoms with Gasteiger partial charge in [0, 0.05) is 6.20 Å². The van der Waals surface area contributed by atoms with Crippen LogP contribution in [0.25, 0.3) is 0 Å². The van der Waals surface area contributed by atoms with Crippen molar-refractivity contribution >= 4 is 5.71 Å².